The summed E-state index contributed by atoms with van der Waals surface area (Å²) in [4.78, 5) is 0. The fraction of sp³-hybridized carbons (Fsp3) is 0.400. The minimum Gasteiger partial charge on any atom is -0.268 e. The first-order chi connectivity index (χ1) is 8.03. The van der Waals surface area contributed by atoms with Gasteiger partial charge < -0.3 is 0 Å². The van der Waals surface area contributed by atoms with Crippen molar-refractivity contribution in [1.29, 1.82) is 0 Å². The Labute approximate surface area is 103 Å². The van der Waals surface area contributed by atoms with Gasteiger partial charge in [0.1, 0.15) is 0 Å². The molecule has 90 valence electrons. The van der Waals surface area contributed by atoms with Gasteiger partial charge in [-0.2, -0.15) is 5.10 Å². The van der Waals surface area contributed by atoms with E-state index in [2.05, 4.69) is 50.1 Å². The third-order valence-electron chi connectivity index (χ3n) is 2.66. The number of benzene rings is 1. The van der Waals surface area contributed by atoms with Gasteiger partial charge in [-0.25, -0.2) is 0 Å². The van der Waals surface area contributed by atoms with Gasteiger partial charge in [0.15, 0.2) is 0 Å². The number of hydrogen-bond donors (Lipinski definition) is 0. The van der Waals surface area contributed by atoms with Crippen LogP contribution in [-0.4, -0.2) is 9.78 Å². The van der Waals surface area contributed by atoms with E-state index in [-0.39, 0.29) is 0 Å². The molecule has 0 spiro atoms. The van der Waals surface area contributed by atoms with Crippen molar-refractivity contribution in [2.45, 2.75) is 33.7 Å². The van der Waals surface area contributed by atoms with Crippen LogP contribution in [-0.2, 0) is 13.0 Å². The van der Waals surface area contributed by atoms with Crippen molar-refractivity contribution in [2.24, 2.45) is 5.41 Å². The third-order valence-corrected chi connectivity index (χ3v) is 2.66. The van der Waals surface area contributed by atoms with Crippen LogP contribution < -0.4 is 0 Å². The molecule has 1 aromatic carbocycles. The number of hydrogen-bond acceptors (Lipinski definition) is 1. The lowest BCUT2D eigenvalue weighted by Crippen LogP contribution is -2.09. The Kier molecular flexibility index (Phi) is 3.32. The van der Waals surface area contributed by atoms with Gasteiger partial charge in [0.05, 0.1) is 6.54 Å². The summed E-state index contributed by atoms with van der Waals surface area (Å²) in [5.41, 5.74) is 3.05. The minimum absolute atomic E-state index is 0.351. The topological polar surface area (TPSA) is 17.8 Å². The van der Waals surface area contributed by atoms with Gasteiger partial charge >= 0.3 is 0 Å². The molecule has 0 aliphatic carbocycles. The van der Waals surface area contributed by atoms with Crippen LogP contribution in [0.5, 0.6) is 0 Å². The zero-order valence-electron chi connectivity index (χ0n) is 10.9. The highest BCUT2D eigenvalue weighted by Crippen LogP contribution is 2.20. The summed E-state index contributed by atoms with van der Waals surface area (Å²) in [5.74, 6) is 0. The van der Waals surface area contributed by atoms with E-state index in [4.69, 9.17) is 0 Å². The zero-order chi connectivity index (χ0) is 12.3. The molecule has 2 heteroatoms. The van der Waals surface area contributed by atoms with Crippen LogP contribution in [0.15, 0.2) is 42.7 Å². The molecular formula is C15H20N2. The second-order valence-corrected chi connectivity index (χ2v) is 5.76. The van der Waals surface area contributed by atoms with Gasteiger partial charge in [0, 0.05) is 12.4 Å². The van der Waals surface area contributed by atoms with Gasteiger partial charge in [0.2, 0.25) is 0 Å². The summed E-state index contributed by atoms with van der Waals surface area (Å²) < 4.78 is 1.94. The predicted molar refractivity (Wildman–Crippen MR) is 70.9 cm³/mol. The Hall–Kier alpha value is -1.57. The van der Waals surface area contributed by atoms with Crippen LogP contribution in [0.1, 0.15) is 31.9 Å². The minimum atomic E-state index is 0.351. The Bertz CT molecular complexity index is 447. The van der Waals surface area contributed by atoms with Crippen molar-refractivity contribution < 1.29 is 0 Å². The molecule has 2 aromatic rings. The maximum atomic E-state index is 4.21. The summed E-state index contributed by atoms with van der Waals surface area (Å²) in [6.45, 7) is 7.66. The van der Waals surface area contributed by atoms with Crippen LogP contribution in [0.2, 0.25) is 0 Å². The van der Waals surface area contributed by atoms with Gasteiger partial charge in [0.25, 0.3) is 0 Å². The SMILES string of the molecule is CC(C)(C)Cc1ccc(Cn2cccn2)cc1. The standard InChI is InChI=1S/C15H20N2/c1-15(2,3)11-13-5-7-14(8-6-13)12-17-10-4-9-16-17/h4-10H,11-12H2,1-3H3. The van der Waals surface area contributed by atoms with Crippen LogP contribution in [0.4, 0.5) is 0 Å². The molecular weight excluding hydrogens is 208 g/mol. The van der Waals surface area contributed by atoms with E-state index in [0.717, 1.165) is 13.0 Å². The number of aromatic nitrogens is 2. The monoisotopic (exact) mass is 228 g/mol. The van der Waals surface area contributed by atoms with Crippen LogP contribution in [0, 0.1) is 5.41 Å². The summed E-state index contributed by atoms with van der Waals surface area (Å²) in [7, 11) is 0. The van der Waals surface area contributed by atoms with E-state index in [1.165, 1.54) is 11.1 Å². The second kappa shape index (κ2) is 4.74. The van der Waals surface area contributed by atoms with E-state index >= 15 is 0 Å². The lowest BCUT2D eigenvalue weighted by molar-refractivity contribution is 0.411. The fourth-order valence-electron chi connectivity index (χ4n) is 1.96. The van der Waals surface area contributed by atoms with Crippen molar-refractivity contribution in [2.75, 3.05) is 0 Å². The molecule has 0 aliphatic heterocycles. The van der Waals surface area contributed by atoms with Crippen LogP contribution >= 0.6 is 0 Å². The first-order valence-corrected chi connectivity index (χ1v) is 6.08. The average molecular weight is 228 g/mol. The highest BCUT2D eigenvalue weighted by molar-refractivity contribution is 5.23. The van der Waals surface area contributed by atoms with E-state index in [0.29, 0.717) is 5.41 Å². The largest absolute Gasteiger partial charge is 0.268 e. The molecule has 0 bridgehead atoms. The summed E-state index contributed by atoms with van der Waals surface area (Å²) in [6, 6.07) is 10.8. The zero-order valence-corrected chi connectivity index (χ0v) is 10.9. The molecule has 0 saturated heterocycles. The normalized spacial score (nSPS) is 11.7. The van der Waals surface area contributed by atoms with Gasteiger partial charge in [-0.05, 0) is 29.0 Å². The predicted octanol–water partition coefficient (Wildman–Crippen LogP) is 3.52. The van der Waals surface area contributed by atoms with E-state index < -0.39 is 0 Å². The Balaban J connectivity index is 2.03. The molecule has 0 saturated carbocycles. The van der Waals surface area contributed by atoms with Gasteiger partial charge in [-0.3, -0.25) is 4.68 Å². The summed E-state index contributed by atoms with van der Waals surface area (Å²) >= 11 is 0. The maximum absolute atomic E-state index is 4.21. The quantitative estimate of drug-likeness (QED) is 0.786. The molecule has 2 nitrogen and oxygen atoms in total. The smallest absolute Gasteiger partial charge is 0.0659 e. The van der Waals surface area contributed by atoms with Gasteiger partial charge in [-0.15, -0.1) is 0 Å². The molecule has 0 amide bonds. The van der Waals surface area contributed by atoms with Crippen LogP contribution in [0.25, 0.3) is 0 Å². The molecule has 2 rings (SSSR count). The van der Waals surface area contributed by atoms with E-state index in [1.807, 2.05) is 23.1 Å². The molecule has 0 N–H and O–H groups in total. The second-order valence-electron chi connectivity index (χ2n) is 5.76. The lowest BCUT2D eigenvalue weighted by atomic mass is 9.88. The lowest BCUT2D eigenvalue weighted by Gasteiger charge is -2.18. The molecule has 0 atom stereocenters. The van der Waals surface area contributed by atoms with E-state index in [9.17, 15) is 0 Å². The molecule has 0 radical (unpaired) electrons. The molecule has 17 heavy (non-hydrogen) atoms. The van der Waals surface area contributed by atoms with Crippen LogP contribution in [0.3, 0.4) is 0 Å². The summed E-state index contributed by atoms with van der Waals surface area (Å²) in [5, 5.41) is 4.21. The Morgan fingerprint density at radius 3 is 2.24 bits per heavy atom. The van der Waals surface area contributed by atoms with Crippen molar-refractivity contribution >= 4 is 0 Å². The van der Waals surface area contributed by atoms with Crippen molar-refractivity contribution in [3.05, 3.63) is 53.9 Å². The molecule has 1 heterocycles. The Morgan fingerprint density at radius 1 is 1.06 bits per heavy atom. The van der Waals surface area contributed by atoms with E-state index in [1.54, 1.807) is 0 Å². The molecule has 0 unspecified atom stereocenters. The van der Waals surface area contributed by atoms with Crippen molar-refractivity contribution in [3.8, 4) is 0 Å². The number of rotatable bonds is 3. The third kappa shape index (κ3) is 3.74. The molecule has 1 aromatic heterocycles. The van der Waals surface area contributed by atoms with Crippen molar-refractivity contribution in [1.82, 2.24) is 9.78 Å². The fourth-order valence-corrected chi connectivity index (χ4v) is 1.96. The molecule has 0 fully saturated rings. The highest BCUT2D eigenvalue weighted by atomic mass is 15.3. The molecule has 0 aliphatic rings. The van der Waals surface area contributed by atoms with Gasteiger partial charge in [-0.1, -0.05) is 45.0 Å². The van der Waals surface area contributed by atoms with Crippen molar-refractivity contribution in [3.63, 3.8) is 0 Å². The maximum Gasteiger partial charge on any atom is 0.0659 e. The average Bonchev–Trinajstić information content (AvgIpc) is 2.71. The first-order valence-electron chi connectivity index (χ1n) is 6.08. The number of nitrogens with zero attached hydrogens (tertiary/aromatic N) is 2. The Morgan fingerprint density at radius 2 is 1.71 bits per heavy atom. The highest BCUT2D eigenvalue weighted by Gasteiger charge is 2.10. The first kappa shape index (κ1) is 11.9. The summed E-state index contributed by atoms with van der Waals surface area (Å²) in [6.07, 6.45) is 4.92.